The van der Waals surface area contributed by atoms with Crippen LogP contribution in [0.4, 0.5) is 0 Å². The lowest BCUT2D eigenvalue weighted by Gasteiger charge is -2.27. The quantitative estimate of drug-likeness (QED) is 0.0866. The smallest absolute Gasteiger partial charge is 0.330 e. The second-order valence-electron chi connectivity index (χ2n) is 9.40. The van der Waals surface area contributed by atoms with Crippen LogP contribution in [0.5, 0.6) is 0 Å². The van der Waals surface area contributed by atoms with E-state index in [0.29, 0.717) is 12.8 Å². The van der Waals surface area contributed by atoms with Gasteiger partial charge in [0, 0.05) is 37.1 Å². The Morgan fingerprint density at radius 3 is 0.925 bits per heavy atom. The van der Waals surface area contributed by atoms with Gasteiger partial charge >= 0.3 is 35.8 Å². The molecule has 0 N–H and O–H groups in total. The average Bonchev–Trinajstić information content (AvgIpc) is 2.96. The number of ether oxygens (including phenoxy) is 6. The normalized spacial score (nSPS) is 10.8. The van der Waals surface area contributed by atoms with E-state index in [1.54, 1.807) is 13.8 Å². The van der Waals surface area contributed by atoms with Gasteiger partial charge in [0.15, 0.2) is 0 Å². The van der Waals surface area contributed by atoms with E-state index in [4.69, 9.17) is 28.4 Å². The molecule has 0 fully saturated rings. The van der Waals surface area contributed by atoms with Crippen molar-refractivity contribution in [3.05, 3.63) is 50.6 Å². The predicted octanol–water partition coefficient (Wildman–Crippen LogP) is 2.56. The number of rotatable bonds is 21. The summed E-state index contributed by atoms with van der Waals surface area (Å²) < 4.78 is 30.6. The van der Waals surface area contributed by atoms with Crippen molar-refractivity contribution in [2.45, 2.75) is 39.5 Å². The largest absolute Gasteiger partial charge is 0.465 e. The molecule has 0 aromatic rings. The average molecular weight is 567 g/mol. The summed E-state index contributed by atoms with van der Waals surface area (Å²) in [5, 5.41) is 0. The molecule has 0 aliphatic carbocycles. The Labute approximate surface area is 233 Å². The van der Waals surface area contributed by atoms with Crippen LogP contribution in [0.25, 0.3) is 0 Å². The van der Waals surface area contributed by atoms with Crippen LogP contribution in [0.1, 0.15) is 39.5 Å². The third-order valence-corrected chi connectivity index (χ3v) is 5.09. The zero-order valence-corrected chi connectivity index (χ0v) is 23.1. The molecule has 0 heterocycles. The van der Waals surface area contributed by atoms with Gasteiger partial charge in [-0.05, 0) is 26.7 Å². The Kier molecular flexibility index (Phi) is 16.9. The summed E-state index contributed by atoms with van der Waals surface area (Å²) in [5.74, 6) is -3.87. The van der Waals surface area contributed by atoms with E-state index in [1.807, 2.05) is 0 Å². The molecule has 12 heteroatoms. The van der Waals surface area contributed by atoms with Gasteiger partial charge in [0.25, 0.3) is 0 Å². The van der Waals surface area contributed by atoms with Crippen LogP contribution in [0, 0.1) is 10.8 Å². The molecule has 0 bridgehead atoms. The first-order chi connectivity index (χ1) is 18.8. The van der Waals surface area contributed by atoms with Crippen molar-refractivity contribution in [2.24, 2.45) is 10.8 Å². The van der Waals surface area contributed by atoms with E-state index in [0.717, 1.165) is 24.3 Å². The molecule has 12 nitrogen and oxygen atoms in total. The Bertz CT molecular complexity index is 825. The van der Waals surface area contributed by atoms with Gasteiger partial charge in [0.2, 0.25) is 0 Å². The van der Waals surface area contributed by atoms with Gasteiger partial charge in [-0.2, -0.15) is 0 Å². The molecule has 0 aliphatic heterocycles. The maximum absolute atomic E-state index is 12.2. The van der Waals surface area contributed by atoms with Gasteiger partial charge < -0.3 is 28.4 Å². The van der Waals surface area contributed by atoms with Gasteiger partial charge in [-0.1, -0.05) is 26.3 Å². The van der Waals surface area contributed by atoms with Gasteiger partial charge in [0.1, 0.15) is 39.6 Å². The van der Waals surface area contributed by atoms with E-state index >= 15 is 0 Å². The Hall–Kier alpha value is -4.22. The van der Waals surface area contributed by atoms with Gasteiger partial charge in [-0.25, -0.2) is 19.2 Å². The lowest BCUT2D eigenvalue weighted by molar-refractivity contribution is -0.160. The van der Waals surface area contributed by atoms with Crippen LogP contribution in [-0.2, 0) is 57.2 Å². The number of esters is 6. The zero-order valence-electron chi connectivity index (χ0n) is 23.1. The molecular formula is C28H38O12. The fraction of sp³-hybridized carbons (Fsp3) is 0.500. The lowest BCUT2D eigenvalue weighted by Crippen LogP contribution is -2.36. The summed E-state index contributed by atoms with van der Waals surface area (Å²) in [6.07, 6.45) is 4.51. The van der Waals surface area contributed by atoms with Gasteiger partial charge in [-0.15, -0.1) is 0 Å². The first kappa shape index (κ1) is 35.8. The summed E-state index contributed by atoms with van der Waals surface area (Å²) >= 11 is 0. The lowest BCUT2D eigenvalue weighted by atomic mass is 9.94. The highest BCUT2D eigenvalue weighted by Gasteiger charge is 2.31. The molecule has 0 atom stereocenters. The summed E-state index contributed by atoms with van der Waals surface area (Å²) in [5.41, 5.74) is -2.02. The van der Waals surface area contributed by atoms with Crippen molar-refractivity contribution < 1.29 is 57.2 Å². The van der Waals surface area contributed by atoms with Gasteiger partial charge in [-0.3, -0.25) is 9.59 Å². The summed E-state index contributed by atoms with van der Waals surface area (Å²) in [6.45, 7) is 15.2. The highest BCUT2D eigenvalue weighted by atomic mass is 16.6. The van der Waals surface area contributed by atoms with Crippen molar-refractivity contribution in [1.82, 2.24) is 0 Å². The third-order valence-electron chi connectivity index (χ3n) is 5.09. The van der Waals surface area contributed by atoms with Crippen molar-refractivity contribution in [3.63, 3.8) is 0 Å². The minimum Gasteiger partial charge on any atom is -0.465 e. The molecule has 0 aromatic heterocycles. The second kappa shape index (κ2) is 18.9. The summed E-state index contributed by atoms with van der Waals surface area (Å²) in [4.78, 5) is 70.0. The highest BCUT2D eigenvalue weighted by Crippen LogP contribution is 2.21. The Morgan fingerprint density at radius 2 is 0.700 bits per heavy atom. The van der Waals surface area contributed by atoms with Crippen molar-refractivity contribution >= 4 is 35.8 Å². The van der Waals surface area contributed by atoms with E-state index in [9.17, 15) is 28.8 Å². The number of hydrogen-bond acceptors (Lipinski definition) is 12. The number of hydrogen-bond donors (Lipinski definition) is 0. The monoisotopic (exact) mass is 566 g/mol. The van der Waals surface area contributed by atoms with E-state index < -0.39 is 46.6 Å². The minimum atomic E-state index is -1.01. The van der Waals surface area contributed by atoms with E-state index in [-0.39, 0.29) is 52.5 Å². The fourth-order valence-electron chi connectivity index (χ4n) is 2.66. The summed E-state index contributed by atoms with van der Waals surface area (Å²) in [6, 6.07) is 0. The van der Waals surface area contributed by atoms with E-state index in [1.165, 1.54) is 0 Å². The molecule has 0 spiro atoms. The molecule has 0 amide bonds. The number of carbonyl (C=O) groups excluding carboxylic acids is 6. The van der Waals surface area contributed by atoms with Crippen molar-refractivity contribution in [3.8, 4) is 0 Å². The van der Waals surface area contributed by atoms with E-state index in [2.05, 4.69) is 26.3 Å². The Balaban J connectivity index is 4.66. The molecule has 40 heavy (non-hydrogen) atoms. The molecule has 0 saturated carbocycles. The maximum atomic E-state index is 12.2. The predicted molar refractivity (Wildman–Crippen MR) is 141 cm³/mol. The second-order valence-corrected chi connectivity index (χ2v) is 9.40. The molecule has 0 radical (unpaired) electrons. The molecule has 0 rings (SSSR count). The molecule has 0 aliphatic rings. The molecular weight excluding hydrogens is 528 g/mol. The standard InChI is InChI=1S/C28H38O12/c1-7-21(29)35-15-27(5,16-36-22(30)8-2)19-39-25(33)13-11-12-14-26(34)40-20-28(6,17-37-23(31)9-3)18-38-24(32)10-4/h7-10H,1-4,11-20H2,5-6H3. The molecule has 222 valence electrons. The molecule has 0 aromatic carbocycles. The van der Waals surface area contributed by atoms with Crippen LogP contribution in [0.15, 0.2) is 50.6 Å². The fourth-order valence-corrected chi connectivity index (χ4v) is 2.66. The summed E-state index contributed by atoms with van der Waals surface area (Å²) in [7, 11) is 0. The number of carbonyl (C=O) groups is 6. The minimum absolute atomic E-state index is 0.00498. The van der Waals surface area contributed by atoms with Crippen LogP contribution in [-0.4, -0.2) is 75.5 Å². The topological polar surface area (TPSA) is 158 Å². The highest BCUT2D eigenvalue weighted by molar-refractivity contribution is 5.82. The molecule has 0 unspecified atom stereocenters. The Morgan fingerprint density at radius 1 is 0.475 bits per heavy atom. The first-order valence-corrected chi connectivity index (χ1v) is 12.3. The number of unbranched alkanes of at least 4 members (excludes halogenated alkanes) is 1. The van der Waals surface area contributed by atoms with Crippen molar-refractivity contribution in [1.29, 1.82) is 0 Å². The van der Waals surface area contributed by atoms with Crippen LogP contribution in [0.3, 0.4) is 0 Å². The molecule has 0 saturated heterocycles. The van der Waals surface area contributed by atoms with Crippen LogP contribution >= 0.6 is 0 Å². The van der Waals surface area contributed by atoms with Crippen LogP contribution in [0.2, 0.25) is 0 Å². The zero-order chi connectivity index (χ0) is 30.6. The maximum Gasteiger partial charge on any atom is 0.330 e. The van der Waals surface area contributed by atoms with Crippen LogP contribution < -0.4 is 0 Å². The first-order valence-electron chi connectivity index (χ1n) is 12.3. The third kappa shape index (κ3) is 16.6. The van der Waals surface area contributed by atoms with Crippen molar-refractivity contribution in [2.75, 3.05) is 39.6 Å². The SMILES string of the molecule is C=CC(=O)OCC(C)(COC(=O)C=C)COC(=O)CCCCC(=O)OCC(C)(COC(=O)C=C)COC(=O)C=C. The van der Waals surface area contributed by atoms with Gasteiger partial charge in [0.05, 0.1) is 10.8 Å².